The lowest BCUT2D eigenvalue weighted by Crippen LogP contribution is -2.29. The zero-order valence-corrected chi connectivity index (χ0v) is 17.8. The van der Waals surface area contributed by atoms with Gasteiger partial charge in [-0.2, -0.15) is 15.5 Å². The third-order valence-corrected chi connectivity index (χ3v) is 5.20. The molecule has 5 rings (SSSR count). The van der Waals surface area contributed by atoms with Crippen molar-refractivity contribution in [3.63, 3.8) is 0 Å². The summed E-state index contributed by atoms with van der Waals surface area (Å²) in [5.74, 6) is -1.27. The summed E-state index contributed by atoms with van der Waals surface area (Å²) < 4.78 is 7.96. The van der Waals surface area contributed by atoms with E-state index < -0.39 is 18.0 Å². The molecule has 0 aliphatic carbocycles. The van der Waals surface area contributed by atoms with E-state index in [4.69, 9.17) is 10.5 Å². The van der Waals surface area contributed by atoms with Crippen LogP contribution in [0.25, 0.3) is 21.8 Å². The van der Waals surface area contributed by atoms with E-state index in [9.17, 15) is 20.0 Å². The van der Waals surface area contributed by atoms with Crippen LogP contribution in [0.3, 0.4) is 0 Å². The summed E-state index contributed by atoms with van der Waals surface area (Å²) in [6.45, 7) is 0.0995. The minimum Gasteiger partial charge on any atom is -0.486 e. The van der Waals surface area contributed by atoms with Crippen molar-refractivity contribution in [3.05, 3.63) is 72.3 Å². The van der Waals surface area contributed by atoms with Crippen LogP contribution in [-0.4, -0.2) is 51.5 Å². The summed E-state index contributed by atoms with van der Waals surface area (Å²) in [5.41, 5.74) is 5.92. The third kappa shape index (κ3) is 3.74. The first kappa shape index (κ1) is 21.5. The van der Waals surface area contributed by atoms with Crippen LogP contribution in [0.5, 0.6) is 5.75 Å². The lowest BCUT2D eigenvalue weighted by molar-refractivity contribution is -0.142. The van der Waals surface area contributed by atoms with E-state index in [1.165, 1.54) is 18.5 Å². The number of nitrogens with two attached hydrogens (primary N) is 1. The van der Waals surface area contributed by atoms with Gasteiger partial charge in [0, 0.05) is 29.4 Å². The number of nitrogens with zero attached hydrogens (tertiary/aromatic N) is 8. The molecule has 1 atom stereocenters. The number of pyridine rings is 1. The minimum absolute atomic E-state index is 0.0163. The van der Waals surface area contributed by atoms with Crippen LogP contribution in [0.1, 0.15) is 28.2 Å². The van der Waals surface area contributed by atoms with Gasteiger partial charge in [-0.1, -0.05) is 0 Å². The molecule has 4 heterocycles. The second-order valence-electron chi connectivity index (χ2n) is 7.30. The average Bonchev–Trinajstić information content (AvgIpc) is 3.42. The summed E-state index contributed by atoms with van der Waals surface area (Å²) in [4.78, 5) is 36.5. The molecule has 0 radical (unpaired) electrons. The van der Waals surface area contributed by atoms with Crippen LogP contribution in [-0.2, 0) is 11.4 Å². The Kier molecular flexibility index (Phi) is 5.23. The standard InChI is InChI=1S/C22H15N9O4/c23-9-15-14-8-12(35-11-18-26-5-1-6-27-18)2-3-16(14)30(28-15)21(22(33)34)31-17-10-25-7-4-13(17)19(29-31)20(24)32/h1-8,10,21H,11H2,(H2,24,32)(H,33,34). The highest BCUT2D eigenvalue weighted by Crippen LogP contribution is 2.29. The summed E-state index contributed by atoms with van der Waals surface area (Å²) in [5, 5.41) is 28.9. The molecule has 13 nitrogen and oxygen atoms in total. The normalized spacial score (nSPS) is 11.9. The van der Waals surface area contributed by atoms with E-state index in [1.807, 2.05) is 6.07 Å². The maximum absolute atomic E-state index is 12.4. The largest absolute Gasteiger partial charge is 0.486 e. The van der Waals surface area contributed by atoms with Gasteiger partial charge in [0.15, 0.2) is 17.2 Å². The van der Waals surface area contributed by atoms with Crippen LogP contribution in [0.2, 0.25) is 0 Å². The molecule has 1 unspecified atom stereocenters. The van der Waals surface area contributed by atoms with E-state index in [2.05, 4.69) is 25.1 Å². The summed E-state index contributed by atoms with van der Waals surface area (Å²) >= 11 is 0. The average molecular weight is 469 g/mol. The van der Waals surface area contributed by atoms with Gasteiger partial charge >= 0.3 is 5.97 Å². The lowest BCUT2D eigenvalue weighted by Gasteiger charge is -2.16. The molecule has 0 saturated carbocycles. The zero-order chi connectivity index (χ0) is 24.5. The maximum Gasteiger partial charge on any atom is 0.351 e. The van der Waals surface area contributed by atoms with Crippen LogP contribution in [0, 0.1) is 11.3 Å². The van der Waals surface area contributed by atoms with Crippen molar-refractivity contribution in [2.45, 2.75) is 12.8 Å². The van der Waals surface area contributed by atoms with Crippen LogP contribution < -0.4 is 10.5 Å². The molecule has 35 heavy (non-hydrogen) atoms. The Balaban J connectivity index is 1.61. The first-order valence-electron chi connectivity index (χ1n) is 10.1. The number of fused-ring (bicyclic) bond motifs is 2. The van der Waals surface area contributed by atoms with Crippen molar-refractivity contribution < 1.29 is 19.4 Å². The highest BCUT2D eigenvalue weighted by atomic mass is 16.5. The number of ether oxygens (including phenoxy) is 1. The molecule has 0 spiro atoms. The summed E-state index contributed by atoms with van der Waals surface area (Å²) in [7, 11) is 0. The molecular weight excluding hydrogens is 454 g/mol. The topological polar surface area (TPSA) is 188 Å². The van der Waals surface area contributed by atoms with Crippen molar-refractivity contribution in [2.75, 3.05) is 0 Å². The van der Waals surface area contributed by atoms with Gasteiger partial charge in [-0.25, -0.2) is 24.1 Å². The van der Waals surface area contributed by atoms with Gasteiger partial charge in [-0.15, -0.1) is 0 Å². The molecule has 3 N–H and O–H groups in total. The molecule has 1 amide bonds. The number of amides is 1. The van der Waals surface area contributed by atoms with Gasteiger partial charge in [-0.05, 0) is 30.3 Å². The van der Waals surface area contributed by atoms with Crippen LogP contribution in [0.4, 0.5) is 0 Å². The molecule has 0 bridgehead atoms. The number of hydrogen-bond acceptors (Lipinski definition) is 9. The Morgan fingerprint density at radius 2 is 1.86 bits per heavy atom. The number of carbonyl (C=O) groups is 2. The number of carboxylic acid groups (broad SMARTS) is 1. The van der Waals surface area contributed by atoms with Gasteiger partial charge in [-0.3, -0.25) is 9.78 Å². The molecule has 0 aliphatic rings. The predicted octanol–water partition coefficient (Wildman–Crippen LogP) is 1.25. The molecule has 0 fully saturated rings. The molecular formula is C22H15N9O4. The molecule has 5 aromatic rings. The van der Waals surface area contributed by atoms with Crippen molar-refractivity contribution in [2.24, 2.45) is 5.73 Å². The number of benzene rings is 1. The van der Waals surface area contributed by atoms with Gasteiger partial charge in [0.2, 0.25) is 6.17 Å². The Labute approximate surface area is 196 Å². The fraction of sp³-hybridized carbons (Fsp3) is 0.0909. The summed E-state index contributed by atoms with van der Waals surface area (Å²) in [6.07, 6.45) is 4.46. The highest BCUT2D eigenvalue weighted by molar-refractivity contribution is 6.04. The number of hydrogen-bond donors (Lipinski definition) is 2. The van der Waals surface area contributed by atoms with Crippen molar-refractivity contribution in [3.8, 4) is 11.8 Å². The number of aromatic nitrogens is 7. The van der Waals surface area contributed by atoms with E-state index in [0.717, 1.165) is 9.36 Å². The van der Waals surface area contributed by atoms with Crippen molar-refractivity contribution in [1.29, 1.82) is 5.26 Å². The first-order chi connectivity index (χ1) is 17.0. The molecule has 1 aromatic carbocycles. The number of rotatable bonds is 7. The van der Waals surface area contributed by atoms with E-state index in [0.29, 0.717) is 27.9 Å². The number of aliphatic carboxylic acids is 1. The predicted molar refractivity (Wildman–Crippen MR) is 119 cm³/mol. The second kappa shape index (κ2) is 8.52. The Morgan fingerprint density at radius 1 is 1.09 bits per heavy atom. The van der Waals surface area contributed by atoms with Gasteiger partial charge in [0.1, 0.15) is 18.4 Å². The fourth-order valence-electron chi connectivity index (χ4n) is 3.70. The number of nitriles is 1. The van der Waals surface area contributed by atoms with Gasteiger partial charge in [0.25, 0.3) is 5.91 Å². The molecule has 0 aliphatic heterocycles. The molecule has 4 aromatic heterocycles. The lowest BCUT2D eigenvalue weighted by atomic mass is 10.2. The van der Waals surface area contributed by atoms with Crippen LogP contribution >= 0.6 is 0 Å². The zero-order valence-electron chi connectivity index (χ0n) is 17.8. The van der Waals surface area contributed by atoms with E-state index in [-0.39, 0.29) is 23.5 Å². The van der Waals surface area contributed by atoms with Gasteiger partial charge < -0.3 is 15.6 Å². The van der Waals surface area contributed by atoms with Gasteiger partial charge in [0.05, 0.1) is 17.2 Å². The SMILES string of the molecule is N#Cc1nn(C(C(=O)O)n2nc(C(N)=O)c3ccncc32)c2ccc(OCc3ncccn3)cc12. The maximum atomic E-state index is 12.4. The minimum atomic E-state index is -1.54. The fourth-order valence-corrected chi connectivity index (χ4v) is 3.70. The number of carboxylic acids is 1. The molecule has 13 heteroatoms. The molecule has 0 saturated heterocycles. The third-order valence-electron chi connectivity index (χ3n) is 5.20. The second-order valence-corrected chi connectivity index (χ2v) is 7.30. The summed E-state index contributed by atoms with van der Waals surface area (Å²) in [6, 6.07) is 9.95. The highest BCUT2D eigenvalue weighted by Gasteiger charge is 2.30. The molecule has 172 valence electrons. The van der Waals surface area contributed by atoms with E-state index in [1.54, 1.807) is 36.7 Å². The Hall–Kier alpha value is -5.38. The number of primary amides is 1. The smallest absolute Gasteiger partial charge is 0.351 e. The van der Waals surface area contributed by atoms with Crippen molar-refractivity contribution in [1.82, 2.24) is 34.5 Å². The quantitative estimate of drug-likeness (QED) is 0.351. The first-order valence-corrected chi connectivity index (χ1v) is 10.1. The Bertz CT molecular complexity index is 1640. The van der Waals surface area contributed by atoms with E-state index >= 15 is 0 Å². The number of carbonyl (C=O) groups excluding carboxylic acids is 1. The Morgan fingerprint density at radius 3 is 2.57 bits per heavy atom. The van der Waals surface area contributed by atoms with Crippen molar-refractivity contribution >= 4 is 33.7 Å². The van der Waals surface area contributed by atoms with Crippen LogP contribution in [0.15, 0.2) is 55.1 Å². The monoisotopic (exact) mass is 469 g/mol.